The summed E-state index contributed by atoms with van der Waals surface area (Å²) in [5.41, 5.74) is 1.07. The second-order valence-electron chi connectivity index (χ2n) is 5.58. The van der Waals surface area contributed by atoms with Crippen molar-refractivity contribution in [2.24, 2.45) is 0 Å². The monoisotopic (exact) mass is 310 g/mol. The molecule has 0 radical (unpaired) electrons. The molecule has 0 unspecified atom stereocenters. The molecule has 1 fully saturated rings. The van der Waals surface area contributed by atoms with Gasteiger partial charge in [0.05, 0.1) is 4.90 Å². The first-order chi connectivity index (χ1) is 9.86. The largest absolute Gasteiger partial charge is 0.343 e. The van der Waals surface area contributed by atoms with Crippen molar-refractivity contribution >= 4 is 15.7 Å². The Bertz CT molecular complexity index is 588. The van der Waals surface area contributed by atoms with E-state index in [2.05, 4.69) is 5.32 Å². The van der Waals surface area contributed by atoms with Crippen LogP contribution in [0.4, 0.5) is 0 Å². The quantitative estimate of drug-likeness (QED) is 0.907. The number of amides is 1. The summed E-state index contributed by atoms with van der Waals surface area (Å²) >= 11 is 0. The smallest absolute Gasteiger partial charge is 0.219 e. The maximum atomic E-state index is 11.4. The van der Waals surface area contributed by atoms with E-state index in [-0.39, 0.29) is 5.91 Å². The fourth-order valence-electron chi connectivity index (χ4n) is 2.52. The zero-order valence-corrected chi connectivity index (χ0v) is 13.3. The van der Waals surface area contributed by atoms with E-state index in [1.54, 1.807) is 19.1 Å². The zero-order chi connectivity index (χ0) is 15.5. The predicted octanol–water partition coefficient (Wildman–Crippen LogP) is 1.19. The highest BCUT2D eigenvalue weighted by molar-refractivity contribution is 7.90. The summed E-state index contributed by atoms with van der Waals surface area (Å²) in [6.45, 7) is 3.94. The van der Waals surface area contributed by atoms with E-state index in [0.717, 1.165) is 38.0 Å². The Kier molecular flexibility index (Phi) is 5.00. The summed E-state index contributed by atoms with van der Waals surface area (Å²) in [6.07, 6.45) is 3.13. The summed E-state index contributed by atoms with van der Waals surface area (Å²) in [6, 6.07) is 7.38. The van der Waals surface area contributed by atoms with Gasteiger partial charge in [-0.05, 0) is 30.5 Å². The first-order valence-electron chi connectivity index (χ1n) is 7.14. The number of nitrogens with one attached hydrogen (secondary N) is 1. The summed E-state index contributed by atoms with van der Waals surface area (Å²) < 4.78 is 22.8. The van der Waals surface area contributed by atoms with Crippen LogP contribution in [0.25, 0.3) is 0 Å². The summed E-state index contributed by atoms with van der Waals surface area (Å²) in [5.74, 6) is 0.143. The topological polar surface area (TPSA) is 66.5 Å². The Balaban J connectivity index is 1.83. The number of hydrogen-bond donors (Lipinski definition) is 1. The highest BCUT2D eigenvalue weighted by Crippen LogP contribution is 2.13. The molecule has 0 atom stereocenters. The van der Waals surface area contributed by atoms with Crippen LogP contribution in [0.15, 0.2) is 29.2 Å². The van der Waals surface area contributed by atoms with Crippen LogP contribution >= 0.6 is 0 Å². The third-order valence-electron chi connectivity index (χ3n) is 3.89. The fourth-order valence-corrected chi connectivity index (χ4v) is 3.15. The minimum Gasteiger partial charge on any atom is -0.343 e. The molecular weight excluding hydrogens is 288 g/mol. The van der Waals surface area contributed by atoms with Crippen molar-refractivity contribution in [1.29, 1.82) is 0 Å². The maximum Gasteiger partial charge on any atom is 0.219 e. The highest BCUT2D eigenvalue weighted by Gasteiger charge is 2.20. The summed E-state index contributed by atoms with van der Waals surface area (Å²) in [4.78, 5) is 13.5. The molecule has 5 nitrogen and oxygen atoms in total. The van der Waals surface area contributed by atoms with Crippen molar-refractivity contribution in [2.45, 2.75) is 37.2 Å². The van der Waals surface area contributed by atoms with E-state index in [0.29, 0.717) is 10.9 Å². The number of nitrogens with zero attached hydrogens (tertiary/aromatic N) is 1. The van der Waals surface area contributed by atoms with E-state index in [1.165, 1.54) is 6.26 Å². The lowest BCUT2D eigenvalue weighted by Crippen LogP contribution is -2.43. The molecule has 0 bridgehead atoms. The standard InChI is InChI=1S/C15H22N2O3S/c1-12(18)17-9-7-14(8-10-17)16-11-13-3-5-15(6-4-13)21(2,19)20/h3-6,14,16H,7-11H2,1-2H3. The van der Waals surface area contributed by atoms with Crippen molar-refractivity contribution in [1.82, 2.24) is 10.2 Å². The van der Waals surface area contributed by atoms with Gasteiger partial charge in [-0.3, -0.25) is 4.79 Å². The van der Waals surface area contributed by atoms with E-state index in [4.69, 9.17) is 0 Å². The predicted molar refractivity (Wildman–Crippen MR) is 81.7 cm³/mol. The van der Waals surface area contributed by atoms with E-state index in [9.17, 15) is 13.2 Å². The molecule has 1 aliphatic heterocycles. The van der Waals surface area contributed by atoms with Gasteiger partial charge in [-0.2, -0.15) is 0 Å². The first kappa shape index (κ1) is 16.0. The Morgan fingerprint density at radius 1 is 1.24 bits per heavy atom. The molecule has 1 aromatic carbocycles. The second kappa shape index (κ2) is 6.58. The Hall–Kier alpha value is -1.40. The minimum absolute atomic E-state index is 0.143. The minimum atomic E-state index is -3.13. The third-order valence-corrected chi connectivity index (χ3v) is 5.02. The lowest BCUT2D eigenvalue weighted by Gasteiger charge is -2.31. The molecule has 1 amide bonds. The normalized spacial score (nSPS) is 17.0. The second-order valence-corrected chi connectivity index (χ2v) is 7.59. The molecular formula is C15H22N2O3S. The zero-order valence-electron chi connectivity index (χ0n) is 12.5. The van der Waals surface area contributed by atoms with Crippen molar-refractivity contribution in [3.63, 3.8) is 0 Å². The van der Waals surface area contributed by atoms with Crippen LogP contribution < -0.4 is 5.32 Å². The lowest BCUT2D eigenvalue weighted by atomic mass is 10.0. The molecule has 0 spiro atoms. The van der Waals surface area contributed by atoms with Crippen molar-refractivity contribution < 1.29 is 13.2 Å². The molecule has 116 valence electrons. The van der Waals surface area contributed by atoms with Gasteiger partial charge in [0.15, 0.2) is 9.84 Å². The fraction of sp³-hybridized carbons (Fsp3) is 0.533. The van der Waals surface area contributed by atoms with E-state index >= 15 is 0 Å². The SMILES string of the molecule is CC(=O)N1CCC(NCc2ccc(S(C)(=O)=O)cc2)CC1. The van der Waals surface area contributed by atoms with Crippen LogP contribution in [0.1, 0.15) is 25.3 Å². The molecule has 1 aliphatic rings. The molecule has 6 heteroatoms. The number of hydrogen-bond acceptors (Lipinski definition) is 4. The van der Waals surface area contributed by atoms with Crippen LogP contribution in [0.3, 0.4) is 0 Å². The molecule has 1 aromatic rings. The van der Waals surface area contributed by atoms with Crippen molar-refractivity contribution in [3.05, 3.63) is 29.8 Å². The van der Waals surface area contributed by atoms with Gasteiger partial charge in [0.25, 0.3) is 0 Å². The van der Waals surface area contributed by atoms with Crippen LogP contribution in [-0.2, 0) is 21.2 Å². The number of carbonyl (C=O) groups excluding carboxylic acids is 1. The molecule has 1 N–H and O–H groups in total. The van der Waals surface area contributed by atoms with Gasteiger partial charge in [0.1, 0.15) is 0 Å². The van der Waals surface area contributed by atoms with Gasteiger partial charge in [-0.25, -0.2) is 8.42 Å². The van der Waals surface area contributed by atoms with Gasteiger partial charge < -0.3 is 10.2 Å². The Morgan fingerprint density at radius 3 is 2.29 bits per heavy atom. The highest BCUT2D eigenvalue weighted by atomic mass is 32.2. The van der Waals surface area contributed by atoms with Gasteiger partial charge in [-0.15, -0.1) is 0 Å². The van der Waals surface area contributed by atoms with E-state index in [1.807, 2.05) is 17.0 Å². The average Bonchev–Trinajstić information content (AvgIpc) is 2.45. The van der Waals surface area contributed by atoms with Gasteiger partial charge in [0.2, 0.25) is 5.91 Å². The molecule has 0 saturated carbocycles. The van der Waals surface area contributed by atoms with Gasteiger partial charge in [-0.1, -0.05) is 12.1 Å². The summed E-state index contributed by atoms with van der Waals surface area (Å²) in [5, 5.41) is 3.47. The molecule has 1 saturated heterocycles. The van der Waals surface area contributed by atoms with Crippen LogP contribution in [-0.4, -0.2) is 44.6 Å². The number of benzene rings is 1. The maximum absolute atomic E-state index is 11.4. The van der Waals surface area contributed by atoms with Crippen molar-refractivity contribution in [2.75, 3.05) is 19.3 Å². The Morgan fingerprint density at radius 2 is 1.81 bits per heavy atom. The van der Waals surface area contributed by atoms with Crippen LogP contribution in [0.5, 0.6) is 0 Å². The molecule has 1 heterocycles. The lowest BCUT2D eigenvalue weighted by molar-refractivity contribution is -0.129. The van der Waals surface area contributed by atoms with Crippen LogP contribution in [0.2, 0.25) is 0 Å². The first-order valence-corrected chi connectivity index (χ1v) is 9.03. The molecule has 21 heavy (non-hydrogen) atoms. The van der Waals surface area contributed by atoms with E-state index < -0.39 is 9.84 Å². The molecule has 0 aromatic heterocycles. The Labute approximate surface area is 126 Å². The third kappa shape index (κ3) is 4.54. The number of likely N-dealkylation sites (tertiary alicyclic amines) is 1. The molecule has 0 aliphatic carbocycles. The molecule has 2 rings (SSSR count). The van der Waals surface area contributed by atoms with Gasteiger partial charge >= 0.3 is 0 Å². The summed E-state index contributed by atoms with van der Waals surface area (Å²) in [7, 11) is -3.13. The van der Waals surface area contributed by atoms with Crippen molar-refractivity contribution in [3.8, 4) is 0 Å². The number of piperidine rings is 1. The average molecular weight is 310 g/mol. The number of rotatable bonds is 4. The number of sulfone groups is 1. The number of carbonyl (C=O) groups is 1. The van der Waals surface area contributed by atoms with Crippen LogP contribution in [0, 0.1) is 0 Å². The van der Waals surface area contributed by atoms with Gasteiger partial charge in [0, 0.05) is 38.9 Å².